The van der Waals surface area contributed by atoms with Crippen LogP contribution in [0.2, 0.25) is 0 Å². The van der Waals surface area contributed by atoms with Crippen molar-refractivity contribution in [3.05, 3.63) is 41.0 Å². The molecule has 0 bridgehead atoms. The highest BCUT2D eigenvalue weighted by molar-refractivity contribution is 5.54. The van der Waals surface area contributed by atoms with Crippen molar-refractivity contribution in [2.24, 2.45) is 5.73 Å². The van der Waals surface area contributed by atoms with Crippen LogP contribution in [0.1, 0.15) is 36.8 Å². The van der Waals surface area contributed by atoms with Crippen LogP contribution < -0.4 is 5.73 Å². The molecule has 0 aromatic heterocycles. The van der Waals surface area contributed by atoms with Crippen LogP contribution >= 0.6 is 0 Å². The first kappa shape index (κ1) is 10.4. The Bertz CT molecular complexity index is 348. The second kappa shape index (κ2) is 4.63. The molecule has 1 saturated carbocycles. The van der Waals surface area contributed by atoms with Gasteiger partial charge in [-0.15, -0.1) is 0 Å². The van der Waals surface area contributed by atoms with Crippen LogP contribution in [-0.4, -0.2) is 6.04 Å². The maximum atomic E-state index is 6.09. The Morgan fingerprint density at radius 3 is 2.60 bits per heavy atom. The van der Waals surface area contributed by atoms with Crippen molar-refractivity contribution >= 4 is 6.08 Å². The Labute approximate surface area is 92.0 Å². The molecule has 1 fully saturated rings. The van der Waals surface area contributed by atoms with Gasteiger partial charge in [-0.25, -0.2) is 0 Å². The summed E-state index contributed by atoms with van der Waals surface area (Å²) in [4.78, 5) is 0. The van der Waals surface area contributed by atoms with Crippen molar-refractivity contribution in [3.63, 3.8) is 0 Å². The third kappa shape index (κ3) is 2.69. The van der Waals surface area contributed by atoms with Crippen LogP contribution in [0.4, 0.5) is 0 Å². The van der Waals surface area contributed by atoms with Crippen LogP contribution in [0.3, 0.4) is 0 Å². The fourth-order valence-corrected chi connectivity index (χ4v) is 2.12. The maximum Gasteiger partial charge on any atom is 0.0256 e. The summed E-state index contributed by atoms with van der Waals surface area (Å²) in [5.41, 5.74) is 10.1. The summed E-state index contributed by atoms with van der Waals surface area (Å²) in [6.07, 6.45) is 7.17. The molecule has 1 aromatic carbocycles. The number of benzene rings is 1. The first-order valence-corrected chi connectivity index (χ1v) is 5.78. The van der Waals surface area contributed by atoms with Crippen LogP contribution in [0.25, 0.3) is 6.08 Å². The van der Waals surface area contributed by atoms with Gasteiger partial charge in [0.1, 0.15) is 0 Å². The molecular weight excluding hydrogens is 182 g/mol. The van der Waals surface area contributed by atoms with E-state index in [9.17, 15) is 0 Å². The highest BCUT2D eigenvalue weighted by Crippen LogP contribution is 2.24. The number of hydrogen-bond donors (Lipinski definition) is 1. The normalized spacial score (nSPS) is 24.4. The Morgan fingerprint density at radius 1 is 1.20 bits per heavy atom. The number of nitrogens with two attached hydrogens (primary N) is 1. The van der Waals surface area contributed by atoms with E-state index < -0.39 is 0 Å². The van der Waals surface area contributed by atoms with Crippen LogP contribution in [0, 0.1) is 6.92 Å². The molecule has 0 saturated heterocycles. The highest BCUT2D eigenvalue weighted by Gasteiger charge is 2.13. The third-order valence-electron chi connectivity index (χ3n) is 3.14. The van der Waals surface area contributed by atoms with E-state index in [1.165, 1.54) is 36.0 Å². The van der Waals surface area contributed by atoms with Crippen molar-refractivity contribution < 1.29 is 0 Å². The molecule has 1 aliphatic carbocycles. The van der Waals surface area contributed by atoms with Gasteiger partial charge in [0.25, 0.3) is 0 Å². The van der Waals surface area contributed by atoms with E-state index in [2.05, 4.69) is 37.3 Å². The van der Waals surface area contributed by atoms with E-state index in [-0.39, 0.29) is 0 Å². The lowest BCUT2D eigenvalue weighted by molar-refractivity contribution is 0.540. The lowest BCUT2D eigenvalue weighted by Gasteiger charge is -2.21. The zero-order chi connectivity index (χ0) is 10.7. The number of hydrogen-bond acceptors (Lipinski definition) is 1. The SMILES string of the molecule is Cc1ccc(C=C2CCCCC2N)cc1. The molecule has 0 radical (unpaired) electrons. The van der Waals surface area contributed by atoms with E-state index in [1.54, 1.807) is 0 Å². The molecule has 0 amide bonds. The van der Waals surface area contributed by atoms with Crippen molar-refractivity contribution in [1.29, 1.82) is 0 Å². The maximum absolute atomic E-state index is 6.09. The second-order valence-corrected chi connectivity index (χ2v) is 4.48. The molecule has 1 unspecified atom stereocenters. The summed E-state index contributed by atoms with van der Waals surface area (Å²) >= 11 is 0. The summed E-state index contributed by atoms with van der Waals surface area (Å²) in [5.74, 6) is 0. The smallest absolute Gasteiger partial charge is 0.0256 e. The molecule has 0 spiro atoms. The lowest BCUT2D eigenvalue weighted by atomic mass is 9.89. The average molecular weight is 201 g/mol. The number of aryl methyl sites for hydroxylation is 1. The van der Waals surface area contributed by atoms with Crippen molar-refractivity contribution in [2.75, 3.05) is 0 Å². The second-order valence-electron chi connectivity index (χ2n) is 4.48. The molecule has 1 atom stereocenters. The molecular formula is C14H19N. The third-order valence-corrected chi connectivity index (χ3v) is 3.14. The minimum atomic E-state index is 0.292. The van der Waals surface area contributed by atoms with E-state index >= 15 is 0 Å². The summed E-state index contributed by atoms with van der Waals surface area (Å²) in [6, 6.07) is 8.94. The van der Waals surface area contributed by atoms with Gasteiger partial charge < -0.3 is 5.73 Å². The molecule has 80 valence electrons. The highest BCUT2D eigenvalue weighted by atomic mass is 14.6. The molecule has 2 N–H and O–H groups in total. The van der Waals surface area contributed by atoms with Gasteiger partial charge in [-0.1, -0.05) is 47.9 Å². The Balaban J connectivity index is 2.17. The fraction of sp³-hybridized carbons (Fsp3) is 0.429. The van der Waals surface area contributed by atoms with Gasteiger partial charge in [0, 0.05) is 6.04 Å². The molecule has 1 aromatic rings. The van der Waals surface area contributed by atoms with E-state index in [4.69, 9.17) is 5.73 Å². The standard InChI is InChI=1S/C14H19N/c1-11-6-8-12(9-7-11)10-13-4-2-3-5-14(13)15/h6-10,14H,2-5,15H2,1H3. The van der Waals surface area contributed by atoms with Crippen LogP contribution in [-0.2, 0) is 0 Å². The monoisotopic (exact) mass is 201 g/mol. The van der Waals surface area contributed by atoms with Gasteiger partial charge in [0.2, 0.25) is 0 Å². The summed E-state index contributed by atoms with van der Waals surface area (Å²) in [5, 5.41) is 0. The Hall–Kier alpha value is -1.08. The van der Waals surface area contributed by atoms with Gasteiger partial charge in [0.15, 0.2) is 0 Å². The topological polar surface area (TPSA) is 26.0 Å². The quantitative estimate of drug-likeness (QED) is 0.741. The summed E-state index contributed by atoms with van der Waals surface area (Å²) in [7, 11) is 0. The zero-order valence-electron chi connectivity index (χ0n) is 9.37. The Kier molecular flexibility index (Phi) is 3.22. The van der Waals surface area contributed by atoms with Crippen LogP contribution in [0.5, 0.6) is 0 Å². The Morgan fingerprint density at radius 2 is 1.93 bits per heavy atom. The summed E-state index contributed by atoms with van der Waals surface area (Å²) < 4.78 is 0. The predicted octanol–water partition coefficient (Wildman–Crippen LogP) is 3.28. The zero-order valence-corrected chi connectivity index (χ0v) is 9.37. The molecule has 1 nitrogen and oxygen atoms in total. The fourth-order valence-electron chi connectivity index (χ4n) is 2.12. The molecule has 2 rings (SSSR count). The van der Waals surface area contributed by atoms with Gasteiger partial charge in [-0.3, -0.25) is 0 Å². The summed E-state index contributed by atoms with van der Waals surface area (Å²) in [6.45, 7) is 2.11. The van der Waals surface area contributed by atoms with Gasteiger partial charge in [-0.2, -0.15) is 0 Å². The van der Waals surface area contributed by atoms with Gasteiger partial charge >= 0.3 is 0 Å². The van der Waals surface area contributed by atoms with Gasteiger partial charge in [0.05, 0.1) is 0 Å². The lowest BCUT2D eigenvalue weighted by Crippen LogP contribution is -2.25. The van der Waals surface area contributed by atoms with E-state index in [1.807, 2.05) is 0 Å². The first-order valence-electron chi connectivity index (χ1n) is 5.78. The minimum absolute atomic E-state index is 0.292. The van der Waals surface area contributed by atoms with Crippen molar-refractivity contribution in [2.45, 2.75) is 38.6 Å². The van der Waals surface area contributed by atoms with Gasteiger partial charge in [-0.05, 0) is 31.7 Å². The van der Waals surface area contributed by atoms with Crippen molar-refractivity contribution in [3.8, 4) is 0 Å². The molecule has 0 aliphatic heterocycles. The largest absolute Gasteiger partial charge is 0.324 e. The van der Waals surface area contributed by atoms with E-state index in [0.717, 1.165) is 6.42 Å². The molecule has 1 heteroatoms. The van der Waals surface area contributed by atoms with E-state index in [0.29, 0.717) is 6.04 Å². The predicted molar refractivity (Wildman–Crippen MR) is 65.6 cm³/mol. The average Bonchev–Trinajstić information content (AvgIpc) is 2.25. The first-order chi connectivity index (χ1) is 7.25. The molecule has 0 heterocycles. The van der Waals surface area contributed by atoms with Crippen LogP contribution in [0.15, 0.2) is 29.8 Å². The number of rotatable bonds is 1. The molecule has 1 aliphatic rings. The molecule has 15 heavy (non-hydrogen) atoms. The minimum Gasteiger partial charge on any atom is -0.324 e. The van der Waals surface area contributed by atoms with Crippen molar-refractivity contribution in [1.82, 2.24) is 0 Å².